The molecule has 5 heteroatoms. The van der Waals surface area contributed by atoms with Crippen molar-refractivity contribution in [1.82, 2.24) is 0 Å². The van der Waals surface area contributed by atoms with Gasteiger partial charge in [0, 0.05) is 17.1 Å². The van der Waals surface area contributed by atoms with Gasteiger partial charge in [0.1, 0.15) is 5.25 Å². The van der Waals surface area contributed by atoms with Crippen LogP contribution in [0.15, 0.2) is 0 Å². The van der Waals surface area contributed by atoms with Crippen LogP contribution in [0, 0.1) is 0 Å². The Morgan fingerprint density at radius 3 is 2.36 bits per heavy atom. The van der Waals surface area contributed by atoms with E-state index in [2.05, 4.69) is 0 Å². The molecule has 1 atom stereocenters. The molecule has 3 nitrogen and oxygen atoms in total. The Morgan fingerprint density at radius 1 is 1.36 bits per heavy atom. The van der Waals surface area contributed by atoms with Gasteiger partial charge in [-0.3, -0.25) is 4.79 Å². The molecule has 0 N–H and O–H groups in total. The van der Waals surface area contributed by atoms with E-state index >= 15 is 0 Å². The Bertz CT molecular complexity index is 257. The van der Waals surface area contributed by atoms with E-state index in [0.717, 1.165) is 12.8 Å². The maximum atomic E-state index is 11.0. The predicted molar refractivity (Wildman–Crippen MR) is 42.0 cm³/mol. The average Bonchev–Trinajstić information content (AvgIpc) is 1.86. The first kappa shape index (κ1) is 9.00. The van der Waals surface area contributed by atoms with Crippen molar-refractivity contribution in [3.63, 3.8) is 0 Å². The highest BCUT2D eigenvalue weighted by molar-refractivity contribution is 8.14. The van der Waals surface area contributed by atoms with E-state index in [9.17, 15) is 13.2 Å². The molecule has 0 amide bonds. The average molecular weight is 197 g/mol. The zero-order chi connectivity index (χ0) is 8.48. The third-order valence-electron chi connectivity index (χ3n) is 1.84. The van der Waals surface area contributed by atoms with Gasteiger partial charge in [-0.15, -0.1) is 0 Å². The number of ketones is 1. The first-order valence-corrected chi connectivity index (χ1v) is 5.85. The lowest BCUT2D eigenvalue weighted by Gasteiger charge is -2.16. The molecule has 0 heterocycles. The lowest BCUT2D eigenvalue weighted by molar-refractivity contribution is -0.119. The van der Waals surface area contributed by atoms with E-state index < -0.39 is 14.3 Å². The van der Waals surface area contributed by atoms with Crippen molar-refractivity contribution < 1.29 is 13.2 Å². The fraction of sp³-hybridized carbons (Fsp3) is 0.833. The van der Waals surface area contributed by atoms with Gasteiger partial charge in [0.2, 0.25) is 9.05 Å². The van der Waals surface area contributed by atoms with E-state index in [0.29, 0.717) is 12.8 Å². The van der Waals surface area contributed by atoms with Crippen LogP contribution in [-0.4, -0.2) is 19.5 Å². The molecular formula is C6H9ClO3S. The molecule has 0 unspecified atom stereocenters. The van der Waals surface area contributed by atoms with E-state index in [1.165, 1.54) is 0 Å². The quantitative estimate of drug-likeness (QED) is 0.590. The molecule has 0 radical (unpaired) electrons. The molecule has 11 heavy (non-hydrogen) atoms. The SMILES string of the molecule is O=C1CCCC[C@@H]1S(=O)(=O)Cl. The summed E-state index contributed by atoms with van der Waals surface area (Å²) in [5, 5.41) is -0.932. The molecule has 0 aromatic rings. The number of Topliss-reactive ketones (excluding diaryl/α,β-unsaturated/α-hetero) is 1. The van der Waals surface area contributed by atoms with Gasteiger partial charge < -0.3 is 0 Å². The lowest BCUT2D eigenvalue weighted by atomic mass is 9.99. The second-order valence-electron chi connectivity index (χ2n) is 2.68. The minimum absolute atomic E-state index is 0.230. The van der Waals surface area contributed by atoms with Crippen LogP contribution in [0.1, 0.15) is 25.7 Å². The molecule has 0 aliphatic heterocycles. The number of halogens is 1. The van der Waals surface area contributed by atoms with Gasteiger partial charge in [0.15, 0.2) is 5.78 Å². The number of carbonyl (C=O) groups excluding carboxylic acids is 1. The molecule has 1 saturated carbocycles. The second-order valence-corrected chi connectivity index (χ2v) is 5.49. The van der Waals surface area contributed by atoms with Crippen molar-refractivity contribution in [3.05, 3.63) is 0 Å². The molecule has 1 aliphatic carbocycles. The van der Waals surface area contributed by atoms with Crippen LogP contribution in [0.4, 0.5) is 0 Å². The summed E-state index contributed by atoms with van der Waals surface area (Å²) in [6.07, 6.45) is 2.32. The van der Waals surface area contributed by atoms with Gasteiger partial charge in [-0.25, -0.2) is 8.42 Å². The zero-order valence-corrected chi connectivity index (χ0v) is 7.49. The molecule has 0 saturated heterocycles. The number of hydrogen-bond donors (Lipinski definition) is 0. The van der Waals surface area contributed by atoms with Crippen LogP contribution in [-0.2, 0) is 13.8 Å². The van der Waals surface area contributed by atoms with E-state index in [4.69, 9.17) is 10.7 Å². The first-order valence-electron chi connectivity index (χ1n) is 3.48. The molecule has 0 aromatic carbocycles. The van der Waals surface area contributed by atoms with E-state index in [1.54, 1.807) is 0 Å². The fourth-order valence-corrected chi connectivity index (χ4v) is 2.69. The molecule has 1 aliphatic rings. The Balaban J connectivity index is 2.78. The van der Waals surface area contributed by atoms with Crippen molar-refractivity contribution >= 4 is 25.5 Å². The Hall–Kier alpha value is -0.0900. The summed E-state index contributed by atoms with van der Waals surface area (Å²) in [6, 6.07) is 0. The molecule has 64 valence electrons. The summed E-state index contributed by atoms with van der Waals surface area (Å²) in [6.45, 7) is 0. The zero-order valence-electron chi connectivity index (χ0n) is 5.92. The minimum Gasteiger partial charge on any atom is -0.298 e. The van der Waals surface area contributed by atoms with Crippen LogP contribution in [0.5, 0.6) is 0 Å². The van der Waals surface area contributed by atoms with Crippen molar-refractivity contribution in [2.75, 3.05) is 0 Å². The van der Waals surface area contributed by atoms with Gasteiger partial charge in [-0.2, -0.15) is 0 Å². The maximum Gasteiger partial charge on any atom is 0.242 e. The summed E-state index contributed by atoms with van der Waals surface area (Å²) in [5.41, 5.74) is 0. The van der Waals surface area contributed by atoms with Crippen molar-refractivity contribution in [3.8, 4) is 0 Å². The highest BCUT2D eigenvalue weighted by atomic mass is 35.7. The molecular weight excluding hydrogens is 188 g/mol. The smallest absolute Gasteiger partial charge is 0.242 e. The predicted octanol–water partition coefficient (Wildman–Crippen LogP) is 1.07. The monoisotopic (exact) mass is 196 g/mol. The number of carbonyl (C=O) groups is 1. The van der Waals surface area contributed by atoms with Crippen molar-refractivity contribution in [1.29, 1.82) is 0 Å². The fourth-order valence-electron chi connectivity index (χ4n) is 1.25. The lowest BCUT2D eigenvalue weighted by Crippen LogP contribution is -2.29. The third-order valence-corrected chi connectivity index (χ3v) is 3.66. The standard InChI is InChI=1S/C6H9ClO3S/c7-11(9,10)6-4-2-1-3-5(6)8/h6H,1-4H2/t6-/m0/s1. The van der Waals surface area contributed by atoms with Gasteiger partial charge in [-0.1, -0.05) is 6.42 Å². The molecule has 0 aromatic heterocycles. The highest BCUT2D eigenvalue weighted by Crippen LogP contribution is 2.22. The normalized spacial score (nSPS) is 27.0. The van der Waals surface area contributed by atoms with Crippen LogP contribution < -0.4 is 0 Å². The highest BCUT2D eigenvalue weighted by Gasteiger charge is 2.32. The Labute approximate surface area is 70.2 Å². The summed E-state index contributed by atoms with van der Waals surface area (Å²) < 4.78 is 21.5. The molecule has 1 rings (SSSR count). The van der Waals surface area contributed by atoms with Crippen LogP contribution >= 0.6 is 10.7 Å². The van der Waals surface area contributed by atoms with Gasteiger partial charge >= 0.3 is 0 Å². The summed E-state index contributed by atoms with van der Waals surface area (Å²) >= 11 is 0. The topological polar surface area (TPSA) is 51.2 Å². The van der Waals surface area contributed by atoms with E-state index in [1.807, 2.05) is 0 Å². The summed E-state index contributed by atoms with van der Waals surface area (Å²) in [7, 11) is 1.41. The van der Waals surface area contributed by atoms with Gasteiger partial charge in [-0.05, 0) is 12.8 Å². The number of rotatable bonds is 1. The molecule has 1 fully saturated rings. The third kappa shape index (κ3) is 2.17. The van der Waals surface area contributed by atoms with Crippen LogP contribution in [0.2, 0.25) is 0 Å². The Morgan fingerprint density at radius 2 is 2.00 bits per heavy atom. The minimum atomic E-state index is -3.65. The summed E-state index contributed by atoms with van der Waals surface area (Å²) in [4.78, 5) is 11.0. The molecule has 0 spiro atoms. The first-order chi connectivity index (χ1) is 5.02. The van der Waals surface area contributed by atoms with Crippen molar-refractivity contribution in [2.24, 2.45) is 0 Å². The van der Waals surface area contributed by atoms with Gasteiger partial charge in [0.25, 0.3) is 0 Å². The Kier molecular flexibility index (Phi) is 2.54. The maximum absolute atomic E-state index is 11.0. The van der Waals surface area contributed by atoms with Crippen LogP contribution in [0.3, 0.4) is 0 Å². The van der Waals surface area contributed by atoms with E-state index in [-0.39, 0.29) is 5.78 Å². The number of hydrogen-bond acceptors (Lipinski definition) is 3. The van der Waals surface area contributed by atoms with Crippen LogP contribution in [0.25, 0.3) is 0 Å². The summed E-state index contributed by atoms with van der Waals surface area (Å²) in [5.74, 6) is -0.230. The largest absolute Gasteiger partial charge is 0.298 e. The van der Waals surface area contributed by atoms with Gasteiger partial charge in [0.05, 0.1) is 0 Å². The molecule has 0 bridgehead atoms. The second kappa shape index (κ2) is 3.11. The van der Waals surface area contributed by atoms with Crippen molar-refractivity contribution in [2.45, 2.75) is 30.9 Å².